The highest BCUT2D eigenvalue weighted by atomic mass is 16.3. The number of carbonyl (C=O) groups excluding carboxylic acids is 3. The molecule has 0 bridgehead atoms. The van der Waals surface area contributed by atoms with Crippen LogP contribution in [0.3, 0.4) is 0 Å². The topological polar surface area (TPSA) is 150 Å². The largest absolute Gasteiger partial charge is 0.391 e. The average molecular weight is 328 g/mol. The van der Waals surface area contributed by atoms with Crippen molar-refractivity contribution in [2.75, 3.05) is 13.1 Å². The lowest BCUT2D eigenvalue weighted by Crippen LogP contribution is -2.76. The van der Waals surface area contributed by atoms with Crippen molar-refractivity contribution in [3.8, 4) is 0 Å². The third-order valence-corrected chi connectivity index (χ3v) is 4.69. The predicted octanol–water partition coefficient (Wildman–Crippen LogP) is -2.87. The maximum Gasteiger partial charge on any atom is 0.257 e. The molecule has 5 unspecified atom stereocenters. The van der Waals surface area contributed by atoms with Crippen molar-refractivity contribution in [1.82, 2.24) is 9.80 Å². The van der Waals surface area contributed by atoms with Crippen LogP contribution in [0.25, 0.3) is 0 Å². The van der Waals surface area contributed by atoms with E-state index in [0.29, 0.717) is 19.4 Å². The fraction of sp³-hybridized carbons (Fsp3) is 0.786. The van der Waals surface area contributed by atoms with Gasteiger partial charge < -0.3 is 26.6 Å². The summed E-state index contributed by atoms with van der Waals surface area (Å²) < 4.78 is 0. The first-order valence-corrected chi connectivity index (χ1v) is 7.68. The molecule has 9 heteroatoms. The van der Waals surface area contributed by atoms with Gasteiger partial charge in [0.1, 0.15) is 17.6 Å². The number of hydrogen-bond donors (Lipinski definition) is 4. The number of likely N-dealkylation sites (tertiary alicyclic amines) is 2. The van der Waals surface area contributed by atoms with E-state index in [1.807, 2.05) is 0 Å². The van der Waals surface area contributed by atoms with Gasteiger partial charge in [-0.2, -0.15) is 0 Å². The molecule has 1 spiro atoms. The van der Waals surface area contributed by atoms with Crippen molar-refractivity contribution in [3.63, 3.8) is 0 Å². The number of aliphatic hydroxyl groups is 2. The lowest BCUT2D eigenvalue weighted by atomic mass is 9.84. The summed E-state index contributed by atoms with van der Waals surface area (Å²) in [7, 11) is 0. The molecular formula is C14H24N4O5. The minimum Gasteiger partial charge on any atom is -0.391 e. The van der Waals surface area contributed by atoms with Gasteiger partial charge in [-0.15, -0.1) is 0 Å². The Labute approximate surface area is 134 Å². The SMILES string of the molecule is CC(O)C(N)C(=O)N1CC2(CCCN2C(=O)C(N)C(C)O)C1=O. The van der Waals surface area contributed by atoms with Crippen LogP contribution in [-0.4, -0.2) is 80.7 Å². The molecular weight excluding hydrogens is 304 g/mol. The van der Waals surface area contributed by atoms with Gasteiger partial charge in [0.15, 0.2) is 0 Å². The van der Waals surface area contributed by atoms with Crippen LogP contribution in [0, 0.1) is 0 Å². The molecule has 2 heterocycles. The summed E-state index contributed by atoms with van der Waals surface area (Å²) in [5, 5.41) is 18.9. The molecule has 0 saturated carbocycles. The standard InChI is InChI=1S/C14H24N4O5/c1-7(19)9(15)11(21)17-6-14(13(17)23)4-3-5-18(14)12(22)10(16)8(2)20/h7-10,19-20H,3-6,15-16H2,1-2H3. The molecule has 2 fully saturated rings. The van der Waals surface area contributed by atoms with Gasteiger partial charge in [-0.3, -0.25) is 19.3 Å². The average Bonchev–Trinajstić information content (AvgIpc) is 2.95. The Balaban J connectivity index is 2.13. The third-order valence-electron chi connectivity index (χ3n) is 4.69. The number of rotatable bonds is 4. The van der Waals surface area contributed by atoms with E-state index in [9.17, 15) is 24.6 Å². The molecule has 0 aromatic rings. The zero-order chi connectivity index (χ0) is 17.5. The van der Waals surface area contributed by atoms with Gasteiger partial charge in [0.05, 0.1) is 18.8 Å². The molecule has 9 nitrogen and oxygen atoms in total. The van der Waals surface area contributed by atoms with E-state index in [1.165, 1.54) is 18.7 Å². The maximum atomic E-state index is 12.5. The van der Waals surface area contributed by atoms with Gasteiger partial charge in [-0.05, 0) is 26.7 Å². The summed E-state index contributed by atoms with van der Waals surface area (Å²) in [6.45, 7) is 3.18. The molecule has 2 aliphatic heterocycles. The summed E-state index contributed by atoms with van der Waals surface area (Å²) in [5.41, 5.74) is 10.2. The number of nitrogens with zero attached hydrogens (tertiary/aromatic N) is 2. The van der Waals surface area contributed by atoms with Crippen molar-refractivity contribution in [2.24, 2.45) is 11.5 Å². The molecule has 2 saturated heterocycles. The van der Waals surface area contributed by atoms with E-state index in [-0.39, 0.29) is 6.54 Å². The van der Waals surface area contributed by atoms with Crippen LogP contribution in [0.5, 0.6) is 0 Å². The van der Waals surface area contributed by atoms with Crippen LogP contribution < -0.4 is 11.5 Å². The molecule has 6 N–H and O–H groups in total. The van der Waals surface area contributed by atoms with E-state index in [2.05, 4.69) is 0 Å². The van der Waals surface area contributed by atoms with E-state index in [0.717, 1.165) is 4.90 Å². The van der Waals surface area contributed by atoms with Crippen molar-refractivity contribution < 1.29 is 24.6 Å². The Morgan fingerprint density at radius 3 is 2.13 bits per heavy atom. The Morgan fingerprint density at radius 1 is 1.13 bits per heavy atom. The fourth-order valence-electron chi connectivity index (χ4n) is 3.10. The second-order valence-electron chi connectivity index (χ2n) is 6.39. The lowest BCUT2D eigenvalue weighted by molar-refractivity contribution is -0.175. The minimum absolute atomic E-state index is 0.0450. The monoisotopic (exact) mass is 328 g/mol. The first kappa shape index (κ1) is 17.8. The molecule has 2 aliphatic rings. The van der Waals surface area contributed by atoms with E-state index < -0.39 is 47.6 Å². The Bertz CT molecular complexity index is 523. The smallest absolute Gasteiger partial charge is 0.257 e. The maximum absolute atomic E-state index is 12.5. The number of nitrogens with two attached hydrogens (primary N) is 2. The molecule has 3 amide bonds. The number of amides is 3. The quantitative estimate of drug-likeness (QED) is 0.405. The first-order valence-electron chi connectivity index (χ1n) is 7.68. The zero-order valence-corrected chi connectivity index (χ0v) is 13.3. The van der Waals surface area contributed by atoms with E-state index in [4.69, 9.17) is 11.5 Å². The molecule has 0 radical (unpaired) electrons. The van der Waals surface area contributed by atoms with E-state index >= 15 is 0 Å². The zero-order valence-electron chi connectivity index (χ0n) is 13.3. The van der Waals surface area contributed by atoms with Crippen LogP contribution in [-0.2, 0) is 14.4 Å². The molecule has 0 aromatic carbocycles. The highest BCUT2D eigenvalue weighted by molar-refractivity contribution is 6.09. The van der Waals surface area contributed by atoms with Crippen molar-refractivity contribution in [1.29, 1.82) is 0 Å². The normalized spacial score (nSPS) is 29.2. The second-order valence-corrected chi connectivity index (χ2v) is 6.39. The molecule has 0 aliphatic carbocycles. The predicted molar refractivity (Wildman–Crippen MR) is 79.7 cm³/mol. The molecule has 23 heavy (non-hydrogen) atoms. The third kappa shape index (κ3) is 2.74. The van der Waals surface area contributed by atoms with Gasteiger partial charge >= 0.3 is 0 Å². The van der Waals surface area contributed by atoms with Gasteiger partial charge in [0.25, 0.3) is 5.91 Å². The van der Waals surface area contributed by atoms with Crippen LogP contribution in [0.4, 0.5) is 0 Å². The highest BCUT2D eigenvalue weighted by Crippen LogP contribution is 2.39. The van der Waals surface area contributed by atoms with Crippen LogP contribution in [0.15, 0.2) is 0 Å². The fourth-order valence-corrected chi connectivity index (χ4v) is 3.10. The van der Waals surface area contributed by atoms with Gasteiger partial charge in [0, 0.05) is 6.54 Å². The summed E-state index contributed by atoms with van der Waals surface area (Å²) >= 11 is 0. The second kappa shape index (κ2) is 6.16. The summed E-state index contributed by atoms with van der Waals surface area (Å²) in [6, 6.07) is -2.29. The number of β-lactam (4-membered cyclic amide) rings is 1. The molecule has 0 aromatic heterocycles. The first-order chi connectivity index (χ1) is 10.6. The summed E-state index contributed by atoms with van der Waals surface area (Å²) in [4.78, 5) is 39.3. The van der Waals surface area contributed by atoms with Gasteiger partial charge in [-0.25, -0.2) is 0 Å². The number of imide groups is 1. The van der Waals surface area contributed by atoms with Crippen LogP contribution >= 0.6 is 0 Å². The molecule has 2 rings (SSSR count). The number of aliphatic hydroxyl groups excluding tert-OH is 2. The summed E-state index contributed by atoms with van der Waals surface area (Å²) in [6.07, 6.45) is -1.04. The lowest BCUT2D eigenvalue weighted by Gasteiger charge is -2.51. The number of carbonyl (C=O) groups is 3. The van der Waals surface area contributed by atoms with Gasteiger partial charge in [-0.1, -0.05) is 0 Å². The summed E-state index contributed by atoms with van der Waals surface area (Å²) in [5.74, 6) is -1.66. The number of hydrogen-bond acceptors (Lipinski definition) is 7. The molecule has 5 atom stereocenters. The minimum atomic E-state index is -1.18. The van der Waals surface area contributed by atoms with Crippen molar-refractivity contribution in [3.05, 3.63) is 0 Å². The Morgan fingerprint density at radius 2 is 1.65 bits per heavy atom. The highest BCUT2D eigenvalue weighted by Gasteiger charge is 2.62. The Hall–Kier alpha value is -1.55. The van der Waals surface area contributed by atoms with Crippen LogP contribution in [0.2, 0.25) is 0 Å². The van der Waals surface area contributed by atoms with Crippen LogP contribution in [0.1, 0.15) is 26.7 Å². The van der Waals surface area contributed by atoms with Gasteiger partial charge in [0.2, 0.25) is 11.8 Å². The van der Waals surface area contributed by atoms with E-state index in [1.54, 1.807) is 0 Å². The Kier molecular flexibility index (Phi) is 4.76. The molecule has 130 valence electrons. The van der Waals surface area contributed by atoms with Crippen molar-refractivity contribution >= 4 is 17.7 Å². The van der Waals surface area contributed by atoms with Crippen molar-refractivity contribution in [2.45, 2.75) is 56.5 Å².